The molecule has 0 saturated heterocycles. The van der Waals surface area contributed by atoms with Gasteiger partial charge >= 0.3 is 0 Å². The zero-order chi connectivity index (χ0) is 9.47. The van der Waals surface area contributed by atoms with Crippen molar-refractivity contribution in [2.75, 3.05) is 0 Å². The van der Waals surface area contributed by atoms with E-state index in [0.29, 0.717) is 0 Å². The Morgan fingerprint density at radius 1 is 1.69 bits per heavy atom. The Hall–Kier alpha value is -0.0500. The summed E-state index contributed by atoms with van der Waals surface area (Å²) in [7, 11) is 0. The zero-order valence-corrected chi connectivity index (χ0v) is 9.16. The van der Waals surface area contributed by atoms with Crippen LogP contribution in [0.2, 0.25) is 5.02 Å². The summed E-state index contributed by atoms with van der Waals surface area (Å²) in [6, 6.07) is 1.93. The molecule has 13 heavy (non-hydrogen) atoms. The van der Waals surface area contributed by atoms with Gasteiger partial charge in [-0.2, -0.15) is 0 Å². The third kappa shape index (κ3) is 1.76. The number of aliphatic hydroxyl groups is 1. The van der Waals surface area contributed by atoms with Gasteiger partial charge in [0.2, 0.25) is 0 Å². The highest BCUT2D eigenvalue weighted by Gasteiger charge is 2.47. The van der Waals surface area contributed by atoms with Gasteiger partial charge < -0.3 is 5.11 Å². The first-order valence-corrected chi connectivity index (χ1v) is 5.80. The van der Waals surface area contributed by atoms with Crippen LogP contribution in [0.4, 0.5) is 0 Å². The molecule has 1 aromatic rings. The van der Waals surface area contributed by atoms with Crippen molar-refractivity contribution in [1.82, 2.24) is 0 Å². The van der Waals surface area contributed by atoms with Crippen LogP contribution in [0.25, 0.3) is 0 Å². The number of thiophene rings is 1. The summed E-state index contributed by atoms with van der Waals surface area (Å²) in [4.78, 5) is 1.22. The minimum Gasteiger partial charge on any atom is -0.393 e. The monoisotopic (exact) mass is 216 g/mol. The molecule has 3 heteroatoms. The van der Waals surface area contributed by atoms with E-state index in [2.05, 4.69) is 0 Å². The Labute approximate surface area is 87.4 Å². The Morgan fingerprint density at radius 2 is 2.38 bits per heavy atom. The van der Waals surface area contributed by atoms with Crippen molar-refractivity contribution < 1.29 is 5.11 Å². The number of halogens is 1. The molecule has 0 spiro atoms. The van der Waals surface area contributed by atoms with Crippen LogP contribution in [0.3, 0.4) is 0 Å². The molecule has 1 aromatic heterocycles. The summed E-state index contributed by atoms with van der Waals surface area (Å²) in [5.41, 5.74) is 0.147. The van der Waals surface area contributed by atoms with Gasteiger partial charge in [0.1, 0.15) is 0 Å². The van der Waals surface area contributed by atoms with Crippen molar-refractivity contribution in [3.05, 3.63) is 21.3 Å². The summed E-state index contributed by atoms with van der Waals surface area (Å²) in [5.74, 6) is 0. The van der Waals surface area contributed by atoms with E-state index in [9.17, 15) is 5.11 Å². The van der Waals surface area contributed by atoms with Crippen LogP contribution >= 0.6 is 22.9 Å². The third-order valence-electron chi connectivity index (χ3n) is 2.98. The van der Waals surface area contributed by atoms with Crippen LogP contribution in [0.1, 0.15) is 24.6 Å². The van der Waals surface area contributed by atoms with Crippen molar-refractivity contribution in [3.63, 3.8) is 0 Å². The summed E-state index contributed by atoms with van der Waals surface area (Å²) in [6.45, 7) is 1.88. The Bertz CT molecular complexity index is 302. The van der Waals surface area contributed by atoms with Gasteiger partial charge in [-0.3, -0.25) is 0 Å². The lowest BCUT2D eigenvalue weighted by atomic mass is 9.95. The van der Waals surface area contributed by atoms with Gasteiger partial charge in [-0.05, 0) is 37.6 Å². The molecule has 1 unspecified atom stereocenters. The average molecular weight is 217 g/mol. The molecule has 0 aromatic carbocycles. The second kappa shape index (κ2) is 3.26. The van der Waals surface area contributed by atoms with Crippen molar-refractivity contribution in [1.29, 1.82) is 0 Å². The molecule has 1 aliphatic rings. The van der Waals surface area contributed by atoms with E-state index in [4.69, 9.17) is 11.6 Å². The lowest BCUT2D eigenvalue weighted by Gasteiger charge is -2.17. The zero-order valence-electron chi connectivity index (χ0n) is 7.59. The molecule has 1 N–H and O–H groups in total. The summed E-state index contributed by atoms with van der Waals surface area (Å²) < 4.78 is 0. The molecule has 2 rings (SSSR count). The van der Waals surface area contributed by atoms with Gasteiger partial charge in [-0.25, -0.2) is 0 Å². The highest BCUT2D eigenvalue weighted by atomic mass is 35.5. The summed E-state index contributed by atoms with van der Waals surface area (Å²) in [6.07, 6.45) is 3.02. The predicted molar refractivity (Wildman–Crippen MR) is 56.4 cm³/mol. The fourth-order valence-electron chi connectivity index (χ4n) is 1.67. The van der Waals surface area contributed by atoms with Crippen molar-refractivity contribution in [2.45, 2.75) is 32.3 Å². The molecule has 0 radical (unpaired) electrons. The number of aliphatic hydroxyl groups excluding tert-OH is 1. The lowest BCUT2D eigenvalue weighted by molar-refractivity contribution is 0.111. The molecular weight excluding hydrogens is 204 g/mol. The SMILES string of the molecule is CC(O)C1(Cc2sccc2Cl)CC1. The molecule has 1 nitrogen and oxygen atoms in total. The quantitative estimate of drug-likeness (QED) is 0.824. The molecular formula is C10H13ClOS. The van der Waals surface area contributed by atoms with Gasteiger partial charge in [-0.1, -0.05) is 11.6 Å². The van der Waals surface area contributed by atoms with Crippen LogP contribution in [0.5, 0.6) is 0 Å². The van der Waals surface area contributed by atoms with E-state index in [1.165, 1.54) is 4.88 Å². The van der Waals surface area contributed by atoms with Crippen LogP contribution < -0.4 is 0 Å². The van der Waals surface area contributed by atoms with Crippen LogP contribution in [-0.4, -0.2) is 11.2 Å². The molecule has 1 saturated carbocycles. The van der Waals surface area contributed by atoms with Gasteiger partial charge in [0.15, 0.2) is 0 Å². The second-order valence-electron chi connectivity index (χ2n) is 3.91. The largest absolute Gasteiger partial charge is 0.393 e. The molecule has 1 aliphatic carbocycles. The highest BCUT2D eigenvalue weighted by Crippen LogP contribution is 2.52. The molecule has 1 fully saturated rings. The summed E-state index contributed by atoms with van der Waals surface area (Å²) in [5, 5.41) is 12.5. The van der Waals surface area contributed by atoms with E-state index < -0.39 is 0 Å². The second-order valence-corrected chi connectivity index (χ2v) is 5.31. The lowest BCUT2D eigenvalue weighted by Crippen LogP contribution is -2.20. The van der Waals surface area contributed by atoms with Crippen molar-refractivity contribution in [2.24, 2.45) is 5.41 Å². The van der Waals surface area contributed by atoms with E-state index in [1.54, 1.807) is 11.3 Å². The van der Waals surface area contributed by atoms with E-state index in [0.717, 1.165) is 24.3 Å². The molecule has 72 valence electrons. The predicted octanol–water partition coefficient (Wildman–Crippen LogP) is 3.11. The molecule has 0 bridgehead atoms. The molecule has 0 aliphatic heterocycles. The fraction of sp³-hybridized carbons (Fsp3) is 0.600. The van der Waals surface area contributed by atoms with Gasteiger partial charge in [-0.15, -0.1) is 11.3 Å². The van der Waals surface area contributed by atoms with Crippen LogP contribution in [0.15, 0.2) is 11.4 Å². The maximum Gasteiger partial charge on any atom is 0.0571 e. The van der Waals surface area contributed by atoms with Gasteiger partial charge in [0.25, 0.3) is 0 Å². The van der Waals surface area contributed by atoms with Gasteiger partial charge in [0, 0.05) is 10.3 Å². The Balaban J connectivity index is 2.10. The fourth-order valence-corrected chi connectivity index (χ4v) is 2.93. The van der Waals surface area contributed by atoms with Crippen molar-refractivity contribution >= 4 is 22.9 Å². The number of hydrogen-bond acceptors (Lipinski definition) is 2. The highest BCUT2D eigenvalue weighted by molar-refractivity contribution is 7.10. The van der Waals surface area contributed by atoms with E-state index in [1.807, 2.05) is 18.4 Å². The summed E-state index contributed by atoms with van der Waals surface area (Å²) >= 11 is 7.70. The smallest absolute Gasteiger partial charge is 0.0571 e. The molecule has 1 heterocycles. The standard InChI is InChI=1S/C10H13ClOS/c1-7(12)10(3-4-10)6-9-8(11)2-5-13-9/h2,5,7,12H,3-4,6H2,1H3. The van der Waals surface area contributed by atoms with Gasteiger partial charge in [0.05, 0.1) is 11.1 Å². The van der Waals surface area contributed by atoms with Crippen LogP contribution in [0, 0.1) is 5.41 Å². The first-order chi connectivity index (χ1) is 6.14. The Kier molecular flexibility index (Phi) is 2.39. The first kappa shape index (κ1) is 9.50. The first-order valence-electron chi connectivity index (χ1n) is 4.54. The number of hydrogen-bond donors (Lipinski definition) is 1. The maximum atomic E-state index is 9.59. The van der Waals surface area contributed by atoms with E-state index >= 15 is 0 Å². The van der Waals surface area contributed by atoms with E-state index in [-0.39, 0.29) is 11.5 Å². The minimum absolute atomic E-state index is 0.147. The normalized spacial score (nSPS) is 21.5. The average Bonchev–Trinajstić information content (AvgIpc) is 2.74. The number of rotatable bonds is 3. The third-order valence-corrected chi connectivity index (χ3v) is 4.37. The molecule has 0 amide bonds. The molecule has 1 atom stereocenters. The van der Waals surface area contributed by atoms with Crippen LogP contribution in [-0.2, 0) is 6.42 Å². The minimum atomic E-state index is -0.203. The maximum absolute atomic E-state index is 9.59. The van der Waals surface area contributed by atoms with Crippen molar-refractivity contribution in [3.8, 4) is 0 Å². The topological polar surface area (TPSA) is 20.2 Å². The Morgan fingerprint density at radius 3 is 2.77 bits per heavy atom.